The Balaban J connectivity index is 2.23. The first kappa shape index (κ1) is 14.3. The molecule has 0 aliphatic carbocycles. The zero-order valence-electron chi connectivity index (χ0n) is 9.42. The number of rotatable bonds is 7. The fourth-order valence-corrected chi connectivity index (χ4v) is 1.61. The Kier molecular flexibility index (Phi) is 7.01. The quantitative estimate of drug-likeness (QED) is 0.612. The highest BCUT2D eigenvalue weighted by Crippen LogP contribution is 2.14. The van der Waals surface area contributed by atoms with E-state index < -0.39 is 0 Å². The Hall–Kier alpha value is -0.770. The van der Waals surface area contributed by atoms with Gasteiger partial charge in [-0.25, -0.2) is 0 Å². The van der Waals surface area contributed by atoms with E-state index in [4.69, 9.17) is 27.9 Å². The fraction of sp³-hybridized carbons (Fsp3) is 0.417. The molecule has 0 aromatic heterocycles. The van der Waals surface area contributed by atoms with Gasteiger partial charge in [0.05, 0.1) is 19.6 Å². The van der Waals surface area contributed by atoms with Gasteiger partial charge < -0.3 is 10.1 Å². The van der Waals surface area contributed by atoms with Crippen LogP contribution in [0.5, 0.6) is 0 Å². The van der Waals surface area contributed by atoms with Crippen LogP contribution in [0.4, 0.5) is 0 Å². The average molecular weight is 276 g/mol. The van der Waals surface area contributed by atoms with Crippen LogP contribution in [0, 0.1) is 0 Å². The highest BCUT2D eigenvalue weighted by molar-refractivity contribution is 6.31. The number of alkyl halides is 1. The first-order valence-electron chi connectivity index (χ1n) is 5.38. The van der Waals surface area contributed by atoms with E-state index in [0.29, 0.717) is 30.7 Å². The molecule has 1 aromatic rings. The van der Waals surface area contributed by atoms with E-state index in [1.54, 1.807) is 6.07 Å². The summed E-state index contributed by atoms with van der Waals surface area (Å²) in [5.41, 5.74) is 0.827. The van der Waals surface area contributed by atoms with Crippen molar-refractivity contribution in [3.8, 4) is 0 Å². The maximum Gasteiger partial charge on any atom is 0.224 e. The largest absolute Gasteiger partial charge is 0.378 e. The van der Waals surface area contributed by atoms with Crippen LogP contribution >= 0.6 is 23.2 Å². The first-order chi connectivity index (χ1) is 8.24. The van der Waals surface area contributed by atoms with E-state index >= 15 is 0 Å². The molecule has 0 fully saturated rings. The van der Waals surface area contributed by atoms with Gasteiger partial charge in [0, 0.05) is 17.4 Å². The first-order valence-corrected chi connectivity index (χ1v) is 6.29. The molecule has 5 heteroatoms. The molecule has 1 rings (SSSR count). The predicted molar refractivity (Wildman–Crippen MR) is 69.7 cm³/mol. The zero-order valence-corrected chi connectivity index (χ0v) is 10.9. The van der Waals surface area contributed by atoms with Crippen LogP contribution in [-0.2, 0) is 16.0 Å². The van der Waals surface area contributed by atoms with Crippen LogP contribution in [-0.4, -0.2) is 31.5 Å². The van der Waals surface area contributed by atoms with Crippen LogP contribution < -0.4 is 5.32 Å². The minimum absolute atomic E-state index is 0.0624. The maximum absolute atomic E-state index is 11.5. The summed E-state index contributed by atoms with van der Waals surface area (Å²) in [6.07, 6.45) is 0.287. The molecule has 0 unspecified atom stereocenters. The highest BCUT2D eigenvalue weighted by atomic mass is 35.5. The van der Waals surface area contributed by atoms with Crippen LogP contribution in [0.25, 0.3) is 0 Å². The molecule has 0 aliphatic rings. The normalized spacial score (nSPS) is 10.2. The number of carbonyl (C=O) groups excluding carboxylic acids is 1. The molecule has 3 nitrogen and oxygen atoms in total. The van der Waals surface area contributed by atoms with Gasteiger partial charge in [-0.05, 0) is 11.6 Å². The Morgan fingerprint density at radius 3 is 2.76 bits per heavy atom. The number of nitrogens with one attached hydrogen (secondary N) is 1. The van der Waals surface area contributed by atoms with Gasteiger partial charge >= 0.3 is 0 Å². The Morgan fingerprint density at radius 1 is 1.29 bits per heavy atom. The van der Waals surface area contributed by atoms with Crippen molar-refractivity contribution in [2.24, 2.45) is 0 Å². The third-order valence-corrected chi connectivity index (χ3v) is 2.62. The molecular formula is C12H15Cl2NO2. The van der Waals surface area contributed by atoms with E-state index in [1.807, 2.05) is 18.2 Å². The van der Waals surface area contributed by atoms with Crippen molar-refractivity contribution in [1.82, 2.24) is 5.32 Å². The minimum atomic E-state index is -0.0624. The van der Waals surface area contributed by atoms with E-state index in [0.717, 1.165) is 5.56 Å². The van der Waals surface area contributed by atoms with Crippen molar-refractivity contribution in [3.05, 3.63) is 34.9 Å². The van der Waals surface area contributed by atoms with Crippen molar-refractivity contribution in [3.63, 3.8) is 0 Å². The van der Waals surface area contributed by atoms with E-state index in [1.165, 1.54) is 0 Å². The standard InChI is InChI=1S/C12H15Cl2NO2/c13-5-7-17-8-6-15-12(16)9-10-3-1-2-4-11(10)14/h1-4H,5-9H2,(H,15,16). The zero-order chi connectivity index (χ0) is 12.5. The molecule has 0 saturated carbocycles. The lowest BCUT2D eigenvalue weighted by atomic mass is 10.1. The summed E-state index contributed by atoms with van der Waals surface area (Å²) in [6, 6.07) is 7.31. The SMILES string of the molecule is O=C(Cc1ccccc1Cl)NCCOCCCl. The number of hydrogen-bond donors (Lipinski definition) is 1. The van der Waals surface area contributed by atoms with Crippen LogP contribution in [0.3, 0.4) is 0 Å². The number of amides is 1. The van der Waals surface area contributed by atoms with Crippen molar-refractivity contribution < 1.29 is 9.53 Å². The van der Waals surface area contributed by atoms with Crippen molar-refractivity contribution in [1.29, 1.82) is 0 Å². The Bertz CT molecular complexity index is 358. The van der Waals surface area contributed by atoms with Gasteiger partial charge in [0.1, 0.15) is 0 Å². The fourth-order valence-electron chi connectivity index (χ4n) is 1.30. The summed E-state index contributed by atoms with van der Waals surface area (Å²) in [5.74, 6) is 0.403. The maximum atomic E-state index is 11.5. The van der Waals surface area contributed by atoms with Crippen LogP contribution in [0.15, 0.2) is 24.3 Å². The van der Waals surface area contributed by atoms with Crippen LogP contribution in [0.2, 0.25) is 5.02 Å². The van der Waals surface area contributed by atoms with E-state index in [-0.39, 0.29) is 12.3 Å². The Morgan fingerprint density at radius 2 is 2.06 bits per heavy atom. The smallest absolute Gasteiger partial charge is 0.224 e. The molecule has 0 bridgehead atoms. The lowest BCUT2D eigenvalue weighted by Crippen LogP contribution is -2.28. The van der Waals surface area contributed by atoms with Crippen molar-refractivity contribution >= 4 is 29.1 Å². The molecule has 0 atom stereocenters. The van der Waals surface area contributed by atoms with Crippen molar-refractivity contribution in [2.75, 3.05) is 25.6 Å². The summed E-state index contributed by atoms with van der Waals surface area (Å²) >= 11 is 11.4. The van der Waals surface area contributed by atoms with Crippen LogP contribution in [0.1, 0.15) is 5.56 Å². The molecule has 17 heavy (non-hydrogen) atoms. The Labute approximate surface area is 111 Å². The number of benzene rings is 1. The van der Waals surface area contributed by atoms with Gasteiger partial charge in [-0.15, -0.1) is 11.6 Å². The molecule has 0 aliphatic heterocycles. The van der Waals surface area contributed by atoms with Gasteiger partial charge in [0.25, 0.3) is 0 Å². The lowest BCUT2D eigenvalue weighted by Gasteiger charge is -2.06. The summed E-state index contributed by atoms with van der Waals surface area (Å²) in [5, 5.41) is 3.36. The number of halogens is 2. The molecule has 94 valence electrons. The summed E-state index contributed by atoms with van der Waals surface area (Å²) in [4.78, 5) is 11.5. The third kappa shape index (κ3) is 5.91. The van der Waals surface area contributed by atoms with Crippen molar-refractivity contribution in [2.45, 2.75) is 6.42 Å². The summed E-state index contributed by atoms with van der Waals surface area (Å²) in [6.45, 7) is 1.46. The van der Waals surface area contributed by atoms with Gasteiger partial charge in [-0.1, -0.05) is 29.8 Å². The molecular weight excluding hydrogens is 261 g/mol. The monoisotopic (exact) mass is 275 g/mol. The third-order valence-electron chi connectivity index (χ3n) is 2.10. The summed E-state index contributed by atoms with van der Waals surface area (Å²) < 4.78 is 5.13. The molecule has 0 radical (unpaired) electrons. The second-order valence-corrected chi connectivity index (χ2v) is 4.20. The van der Waals surface area contributed by atoms with Gasteiger partial charge in [-0.2, -0.15) is 0 Å². The minimum Gasteiger partial charge on any atom is -0.378 e. The molecule has 0 saturated heterocycles. The molecule has 1 N–H and O–H groups in total. The van der Waals surface area contributed by atoms with Gasteiger partial charge in [0.2, 0.25) is 5.91 Å². The van der Waals surface area contributed by atoms with Gasteiger partial charge in [-0.3, -0.25) is 4.79 Å². The van der Waals surface area contributed by atoms with E-state index in [9.17, 15) is 4.79 Å². The second kappa shape index (κ2) is 8.34. The lowest BCUT2D eigenvalue weighted by molar-refractivity contribution is -0.120. The number of hydrogen-bond acceptors (Lipinski definition) is 2. The molecule has 1 aromatic carbocycles. The average Bonchev–Trinajstić information content (AvgIpc) is 2.32. The number of carbonyl (C=O) groups is 1. The number of ether oxygens (including phenoxy) is 1. The topological polar surface area (TPSA) is 38.3 Å². The predicted octanol–water partition coefficient (Wildman–Crippen LogP) is 2.25. The molecule has 0 spiro atoms. The second-order valence-electron chi connectivity index (χ2n) is 3.42. The van der Waals surface area contributed by atoms with Gasteiger partial charge in [0.15, 0.2) is 0 Å². The molecule has 1 amide bonds. The molecule has 0 heterocycles. The summed E-state index contributed by atoms with van der Waals surface area (Å²) in [7, 11) is 0. The van der Waals surface area contributed by atoms with E-state index in [2.05, 4.69) is 5.32 Å². The highest BCUT2D eigenvalue weighted by Gasteiger charge is 2.05.